The maximum absolute atomic E-state index is 6.22. The lowest BCUT2D eigenvalue weighted by atomic mass is 9.85. The number of nitrogens with zero attached hydrogens (tertiary/aromatic N) is 2. The molecule has 0 amide bonds. The highest BCUT2D eigenvalue weighted by molar-refractivity contribution is 7.99. The molecule has 122 valence electrons. The van der Waals surface area contributed by atoms with Crippen LogP contribution in [0.1, 0.15) is 25.7 Å². The van der Waals surface area contributed by atoms with E-state index in [2.05, 4.69) is 33.9 Å². The van der Waals surface area contributed by atoms with Crippen molar-refractivity contribution in [1.29, 1.82) is 0 Å². The Morgan fingerprint density at radius 1 is 1.29 bits per heavy atom. The molecule has 0 aromatic heterocycles. The zero-order valence-corrected chi connectivity index (χ0v) is 14.3. The van der Waals surface area contributed by atoms with E-state index >= 15 is 0 Å². The molecule has 1 atom stereocenters. The van der Waals surface area contributed by atoms with Crippen LogP contribution in [0.4, 0.5) is 0 Å². The van der Waals surface area contributed by atoms with Crippen molar-refractivity contribution in [1.82, 2.24) is 15.1 Å². The van der Waals surface area contributed by atoms with Crippen molar-refractivity contribution >= 4 is 11.8 Å². The second kappa shape index (κ2) is 7.64. The van der Waals surface area contributed by atoms with Gasteiger partial charge in [-0.05, 0) is 44.2 Å². The molecule has 0 aliphatic carbocycles. The summed E-state index contributed by atoms with van der Waals surface area (Å²) in [6, 6.07) is 0.727. The molecule has 0 bridgehead atoms. The van der Waals surface area contributed by atoms with Gasteiger partial charge in [-0.1, -0.05) is 0 Å². The summed E-state index contributed by atoms with van der Waals surface area (Å²) in [5.41, 5.74) is 0.220. The molecular weight excluding hydrogens is 282 g/mol. The van der Waals surface area contributed by atoms with Gasteiger partial charge in [0.05, 0.1) is 5.60 Å². The highest BCUT2D eigenvalue weighted by Gasteiger charge is 2.39. The van der Waals surface area contributed by atoms with Gasteiger partial charge in [-0.25, -0.2) is 0 Å². The summed E-state index contributed by atoms with van der Waals surface area (Å²) >= 11 is 2.09. The summed E-state index contributed by atoms with van der Waals surface area (Å²) in [5, 5.41) is 3.43. The first-order valence-electron chi connectivity index (χ1n) is 8.62. The van der Waals surface area contributed by atoms with Gasteiger partial charge in [0, 0.05) is 51.9 Å². The lowest BCUT2D eigenvalue weighted by molar-refractivity contribution is -0.108. The molecule has 4 nitrogen and oxygen atoms in total. The summed E-state index contributed by atoms with van der Waals surface area (Å²) < 4.78 is 6.22. The van der Waals surface area contributed by atoms with Gasteiger partial charge < -0.3 is 15.0 Å². The summed E-state index contributed by atoms with van der Waals surface area (Å²) in [6.07, 6.45) is 5.00. The summed E-state index contributed by atoms with van der Waals surface area (Å²) in [7, 11) is 2.32. The van der Waals surface area contributed by atoms with Gasteiger partial charge in [0.2, 0.25) is 0 Å². The monoisotopic (exact) mass is 313 g/mol. The Hall–Kier alpha value is 0.190. The number of rotatable bonds is 4. The van der Waals surface area contributed by atoms with Crippen LogP contribution in [-0.4, -0.2) is 85.9 Å². The minimum Gasteiger partial charge on any atom is -0.375 e. The molecule has 3 saturated heterocycles. The van der Waals surface area contributed by atoms with Crippen LogP contribution in [0.15, 0.2) is 0 Å². The van der Waals surface area contributed by atoms with E-state index in [1.54, 1.807) is 0 Å². The van der Waals surface area contributed by atoms with E-state index in [1.807, 2.05) is 0 Å². The number of hydrogen-bond acceptors (Lipinski definition) is 5. The number of likely N-dealkylation sites (N-methyl/N-ethyl adjacent to an activating group) is 1. The Labute approximate surface area is 134 Å². The number of nitrogens with one attached hydrogen (secondary N) is 1. The van der Waals surface area contributed by atoms with Crippen molar-refractivity contribution in [2.45, 2.75) is 37.3 Å². The van der Waals surface area contributed by atoms with E-state index in [9.17, 15) is 0 Å². The third kappa shape index (κ3) is 4.35. The average Bonchev–Trinajstić information content (AvgIpc) is 2.54. The van der Waals surface area contributed by atoms with Crippen LogP contribution >= 0.6 is 11.8 Å². The third-order valence-electron chi connectivity index (χ3n) is 5.47. The Morgan fingerprint density at radius 2 is 2.05 bits per heavy atom. The average molecular weight is 314 g/mol. The van der Waals surface area contributed by atoms with Crippen LogP contribution in [0.5, 0.6) is 0 Å². The molecule has 3 aliphatic rings. The molecule has 0 radical (unpaired) electrons. The van der Waals surface area contributed by atoms with E-state index in [-0.39, 0.29) is 5.60 Å². The fourth-order valence-electron chi connectivity index (χ4n) is 3.89. The molecule has 1 spiro atoms. The minimum atomic E-state index is 0.220. The second-order valence-corrected chi connectivity index (χ2v) is 8.09. The maximum atomic E-state index is 6.22. The minimum absolute atomic E-state index is 0.220. The first kappa shape index (κ1) is 16.1. The van der Waals surface area contributed by atoms with Gasteiger partial charge in [-0.3, -0.25) is 4.90 Å². The van der Waals surface area contributed by atoms with Gasteiger partial charge in [0.25, 0.3) is 0 Å². The van der Waals surface area contributed by atoms with Crippen LogP contribution in [0, 0.1) is 0 Å². The largest absolute Gasteiger partial charge is 0.375 e. The zero-order chi connectivity index (χ0) is 14.5. The van der Waals surface area contributed by atoms with Gasteiger partial charge in [0.15, 0.2) is 0 Å². The molecule has 0 saturated carbocycles. The van der Waals surface area contributed by atoms with Crippen molar-refractivity contribution in [2.75, 3.05) is 64.4 Å². The van der Waals surface area contributed by atoms with Crippen LogP contribution < -0.4 is 5.32 Å². The van der Waals surface area contributed by atoms with Crippen molar-refractivity contribution in [3.8, 4) is 0 Å². The molecule has 1 unspecified atom stereocenters. The Morgan fingerprint density at radius 3 is 2.81 bits per heavy atom. The standard InChI is InChI=1S/C16H31N3OS/c1-18(9-10-19-7-5-17-6-8-19)15-2-11-20-16(14-15)3-12-21-13-4-16/h15,17H,2-14H2,1H3. The van der Waals surface area contributed by atoms with Crippen molar-refractivity contribution in [2.24, 2.45) is 0 Å². The van der Waals surface area contributed by atoms with Gasteiger partial charge in [-0.15, -0.1) is 0 Å². The number of thioether (sulfide) groups is 1. The Bertz CT molecular complexity index is 311. The third-order valence-corrected chi connectivity index (χ3v) is 6.46. The smallest absolute Gasteiger partial charge is 0.0713 e. The van der Waals surface area contributed by atoms with Crippen LogP contribution in [0.2, 0.25) is 0 Å². The quantitative estimate of drug-likeness (QED) is 0.844. The lowest BCUT2D eigenvalue weighted by Gasteiger charge is -2.46. The van der Waals surface area contributed by atoms with E-state index in [4.69, 9.17) is 4.74 Å². The summed E-state index contributed by atoms with van der Waals surface area (Å²) in [5.74, 6) is 2.58. The molecule has 0 aromatic rings. The summed E-state index contributed by atoms with van der Waals surface area (Å²) in [4.78, 5) is 5.20. The molecule has 3 rings (SSSR count). The summed E-state index contributed by atoms with van der Waals surface area (Å²) in [6.45, 7) is 8.12. The highest BCUT2D eigenvalue weighted by Crippen LogP contribution is 2.38. The number of piperazine rings is 1. The van der Waals surface area contributed by atoms with E-state index < -0.39 is 0 Å². The molecule has 3 aliphatic heterocycles. The first-order chi connectivity index (χ1) is 10.3. The van der Waals surface area contributed by atoms with Crippen molar-refractivity contribution < 1.29 is 4.74 Å². The predicted molar refractivity (Wildman–Crippen MR) is 90.2 cm³/mol. The fraction of sp³-hybridized carbons (Fsp3) is 1.00. The van der Waals surface area contributed by atoms with E-state index in [0.717, 1.165) is 25.7 Å². The predicted octanol–water partition coefficient (Wildman–Crippen LogP) is 1.27. The van der Waals surface area contributed by atoms with Crippen LogP contribution in [-0.2, 0) is 4.74 Å². The second-order valence-electron chi connectivity index (χ2n) is 6.86. The SMILES string of the molecule is CN(CCN1CCNCC1)C1CCOC2(CCSCC2)C1. The van der Waals surface area contributed by atoms with Crippen LogP contribution in [0.3, 0.4) is 0 Å². The molecular formula is C16H31N3OS. The molecule has 21 heavy (non-hydrogen) atoms. The number of hydrogen-bond donors (Lipinski definition) is 1. The number of ether oxygens (including phenoxy) is 1. The van der Waals surface area contributed by atoms with Gasteiger partial charge in [-0.2, -0.15) is 11.8 Å². The highest BCUT2D eigenvalue weighted by atomic mass is 32.2. The Balaban J connectivity index is 1.46. The molecule has 0 aromatic carbocycles. The van der Waals surface area contributed by atoms with Gasteiger partial charge >= 0.3 is 0 Å². The normalized spacial score (nSPS) is 30.9. The molecule has 3 heterocycles. The van der Waals surface area contributed by atoms with Crippen LogP contribution in [0.25, 0.3) is 0 Å². The topological polar surface area (TPSA) is 27.7 Å². The molecule has 1 N–H and O–H groups in total. The van der Waals surface area contributed by atoms with Gasteiger partial charge in [0.1, 0.15) is 0 Å². The molecule has 5 heteroatoms. The van der Waals surface area contributed by atoms with E-state index in [1.165, 1.54) is 63.4 Å². The van der Waals surface area contributed by atoms with Crippen molar-refractivity contribution in [3.05, 3.63) is 0 Å². The molecule has 3 fully saturated rings. The first-order valence-corrected chi connectivity index (χ1v) is 9.78. The van der Waals surface area contributed by atoms with Crippen molar-refractivity contribution in [3.63, 3.8) is 0 Å². The Kier molecular flexibility index (Phi) is 5.85. The van der Waals surface area contributed by atoms with E-state index in [0.29, 0.717) is 0 Å². The zero-order valence-electron chi connectivity index (χ0n) is 13.5. The maximum Gasteiger partial charge on any atom is 0.0713 e. The lowest BCUT2D eigenvalue weighted by Crippen LogP contribution is -2.51. The fourth-order valence-corrected chi connectivity index (χ4v) is 5.12.